The van der Waals surface area contributed by atoms with Crippen molar-refractivity contribution in [2.24, 2.45) is 5.73 Å². The highest BCUT2D eigenvalue weighted by Gasteiger charge is 2.31. The van der Waals surface area contributed by atoms with E-state index in [9.17, 15) is 4.79 Å². The molecule has 2 heteroatoms. The van der Waals surface area contributed by atoms with Crippen LogP contribution in [0.3, 0.4) is 0 Å². The Labute approximate surface area is 110 Å². The van der Waals surface area contributed by atoms with Crippen LogP contribution in [0.2, 0.25) is 0 Å². The van der Waals surface area contributed by atoms with Crippen molar-refractivity contribution in [2.45, 2.75) is 57.9 Å². The summed E-state index contributed by atoms with van der Waals surface area (Å²) in [4.78, 5) is 12.1. The Morgan fingerprint density at radius 2 is 1.72 bits per heavy atom. The van der Waals surface area contributed by atoms with Crippen LogP contribution < -0.4 is 5.73 Å². The van der Waals surface area contributed by atoms with E-state index < -0.39 is 0 Å². The number of hydrogen-bond donors (Lipinski definition) is 1. The van der Waals surface area contributed by atoms with Gasteiger partial charge in [0.15, 0.2) is 0 Å². The van der Waals surface area contributed by atoms with Crippen molar-refractivity contribution in [3.05, 3.63) is 34.9 Å². The lowest BCUT2D eigenvalue weighted by Gasteiger charge is -2.22. The lowest BCUT2D eigenvalue weighted by molar-refractivity contribution is -0.119. The minimum Gasteiger partial charge on any atom is -0.325 e. The van der Waals surface area contributed by atoms with Gasteiger partial charge < -0.3 is 5.73 Å². The molecule has 0 amide bonds. The fraction of sp³-hybridized carbons (Fsp3) is 0.562. The van der Waals surface area contributed by atoms with Gasteiger partial charge in [0.1, 0.15) is 5.78 Å². The molecule has 1 fully saturated rings. The Bertz CT molecular complexity index is 424. The van der Waals surface area contributed by atoms with Gasteiger partial charge in [-0.1, -0.05) is 42.2 Å². The molecule has 0 saturated heterocycles. The highest BCUT2D eigenvalue weighted by molar-refractivity contribution is 5.82. The predicted molar refractivity (Wildman–Crippen MR) is 74.6 cm³/mol. The van der Waals surface area contributed by atoms with Crippen LogP contribution in [0.4, 0.5) is 0 Å². The lowest BCUT2D eigenvalue weighted by Crippen LogP contribution is -2.39. The Kier molecular flexibility index (Phi) is 3.86. The number of carbonyl (C=O) groups is 1. The first kappa shape index (κ1) is 13.3. The second kappa shape index (κ2) is 5.23. The fourth-order valence-corrected chi connectivity index (χ4v) is 3.11. The van der Waals surface area contributed by atoms with Gasteiger partial charge in [0.05, 0.1) is 0 Å². The first-order valence-corrected chi connectivity index (χ1v) is 6.85. The molecular formula is C16H23NO. The number of aryl methyl sites for hydroxylation is 2. The molecule has 2 nitrogen and oxygen atoms in total. The number of hydrogen-bond acceptors (Lipinski definition) is 2. The van der Waals surface area contributed by atoms with Crippen molar-refractivity contribution in [1.82, 2.24) is 0 Å². The molecule has 1 aliphatic rings. The molecule has 0 aromatic heterocycles. The van der Waals surface area contributed by atoms with E-state index in [1.165, 1.54) is 24.0 Å². The van der Waals surface area contributed by atoms with Gasteiger partial charge in [0, 0.05) is 18.4 Å². The monoisotopic (exact) mass is 245 g/mol. The molecule has 18 heavy (non-hydrogen) atoms. The van der Waals surface area contributed by atoms with E-state index in [1.54, 1.807) is 0 Å². The summed E-state index contributed by atoms with van der Waals surface area (Å²) < 4.78 is 0. The van der Waals surface area contributed by atoms with Gasteiger partial charge in [-0.2, -0.15) is 0 Å². The number of benzene rings is 1. The first-order chi connectivity index (χ1) is 8.47. The molecule has 1 aliphatic carbocycles. The third kappa shape index (κ3) is 3.42. The number of nitrogens with two attached hydrogens (primary N) is 1. The minimum absolute atomic E-state index is 0.212. The molecule has 0 heterocycles. The highest BCUT2D eigenvalue weighted by Crippen LogP contribution is 2.30. The van der Waals surface area contributed by atoms with Crippen molar-refractivity contribution < 1.29 is 4.79 Å². The maximum Gasteiger partial charge on any atom is 0.139 e. The van der Waals surface area contributed by atoms with E-state index in [4.69, 9.17) is 5.73 Å². The maximum absolute atomic E-state index is 12.1. The van der Waals surface area contributed by atoms with Crippen LogP contribution in [-0.2, 0) is 11.2 Å². The molecule has 1 aromatic rings. The summed E-state index contributed by atoms with van der Waals surface area (Å²) in [5, 5.41) is 0. The van der Waals surface area contributed by atoms with Crippen LogP contribution >= 0.6 is 0 Å². The smallest absolute Gasteiger partial charge is 0.139 e. The SMILES string of the molecule is Cc1cc(C)cc(CC(=O)CC2(N)CCCC2)c1. The van der Waals surface area contributed by atoms with Crippen LogP contribution in [0.5, 0.6) is 0 Å². The normalized spacial score (nSPS) is 17.9. The van der Waals surface area contributed by atoms with Crippen molar-refractivity contribution in [3.63, 3.8) is 0 Å². The average molecular weight is 245 g/mol. The van der Waals surface area contributed by atoms with Crippen LogP contribution in [0.15, 0.2) is 18.2 Å². The lowest BCUT2D eigenvalue weighted by atomic mass is 9.90. The van der Waals surface area contributed by atoms with Gasteiger partial charge in [0.2, 0.25) is 0 Å². The first-order valence-electron chi connectivity index (χ1n) is 6.85. The maximum atomic E-state index is 12.1. The van der Waals surface area contributed by atoms with E-state index in [2.05, 4.69) is 32.0 Å². The van der Waals surface area contributed by atoms with Gasteiger partial charge in [-0.15, -0.1) is 0 Å². The molecule has 0 unspecified atom stereocenters. The van der Waals surface area contributed by atoms with E-state index >= 15 is 0 Å². The van der Waals surface area contributed by atoms with Gasteiger partial charge in [0.25, 0.3) is 0 Å². The topological polar surface area (TPSA) is 43.1 Å². The molecular weight excluding hydrogens is 222 g/mol. The predicted octanol–water partition coefficient (Wildman–Crippen LogP) is 3.08. The van der Waals surface area contributed by atoms with Gasteiger partial charge in [-0.3, -0.25) is 4.79 Å². The van der Waals surface area contributed by atoms with Crippen LogP contribution in [-0.4, -0.2) is 11.3 Å². The van der Waals surface area contributed by atoms with Crippen LogP contribution in [0.1, 0.15) is 48.8 Å². The quantitative estimate of drug-likeness (QED) is 0.886. The summed E-state index contributed by atoms with van der Waals surface area (Å²) in [6.45, 7) is 4.14. The molecule has 98 valence electrons. The standard InChI is InChI=1S/C16H23NO/c1-12-7-13(2)9-14(8-12)10-15(18)11-16(17)5-3-4-6-16/h7-9H,3-6,10-11,17H2,1-2H3. The summed E-state index contributed by atoms with van der Waals surface area (Å²) in [5.41, 5.74) is 9.61. The summed E-state index contributed by atoms with van der Waals surface area (Å²) >= 11 is 0. The number of rotatable bonds is 4. The largest absolute Gasteiger partial charge is 0.325 e. The van der Waals surface area contributed by atoms with Crippen molar-refractivity contribution >= 4 is 5.78 Å². The van der Waals surface area contributed by atoms with E-state index in [-0.39, 0.29) is 11.3 Å². The third-order valence-electron chi connectivity index (χ3n) is 3.83. The molecule has 1 saturated carbocycles. The van der Waals surface area contributed by atoms with Crippen molar-refractivity contribution in [1.29, 1.82) is 0 Å². The zero-order chi connectivity index (χ0) is 13.2. The van der Waals surface area contributed by atoms with Gasteiger partial charge >= 0.3 is 0 Å². The molecule has 0 bridgehead atoms. The molecule has 0 spiro atoms. The number of carbonyl (C=O) groups excluding carboxylic acids is 1. The molecule has 2 N–H and O–H groups in total. The second-order valence-corrected chi connectivity index (χ2v) is 5.96. The van der Waals surface area contributed by atoms with Crippen molar-refractivity contribution in [2.75, 3.05) is 0 Å². The van der Waals surface area contributed by atoms with Crippen LogP contribution in [0, 0.1) is 13.8 Å². The summed E-state index contributed by atoms with van der Waals surface area (Å²) in [5.74, 6) is 0.282. The molecule has 2 rings (SSSR count). The molecule has 0 aliphatic heterocycles. The summed E-state index contributed by atoms with van der Waals surface area (Å²) in [7, 11) is 0. The molecule has 0 atom stereocenters. The van der Waals surface area contributed by atoms with E-state index in [0.29, 0.717) is 12.8 Å². The van der Waals surface area contributed by atoms with Gasteiger partial charge in [-0.25, -0.2) is 0 Å². The summed E-state index contributed by atoms with van der Waals surface area (Å²) in [6, 6.07) is 6.33. The van der Waals surface area contributed by atoms with Crippen LogP contribution in [0.25, 0.3) is 0 Å². The zero-order valence-corrected chi connectivity index (χ0v) is 11.5. The number of Topliss-reactive ketones (excluding diaryl/α,β-unsaturated/α-hetero) is 1. The molecule has 1 aromatic carbocycles. The minimum atomic E-state index is -0.212. The Morgan fingerprint density at radius 3 is 2.28 bits per heavy atom. The average Bonchev–Trinajstić information content (AvgIpc) is 2.62. The summed E-state index contributed by atoms with van der Waals surface area (Å²) in [6.07, 6.45) is 5.43. The second-order valence-electron chi connectivity index (χ2n) is 5.96. The number of ketones is 1. The van der Waals surface area contributed by atoms with Crippen molar-refractivity contribution in [3.8, 4) is 0 Å². The molecule has 0 radical (unpaired) electrons. The Morgan fingerprint density at radius 1 is 1.17 bits per heavy atom. The third-order valence-corrected chi connectivity index (χ3v) is 3.83. The van der Waals surface area contributed by atoms with E-state index in [1.807, 2.05) is 0 Å². The Balaban J connectivity index is 1.98. The fourth-order valence-electron chi connectivity index (χ4n) is 3.11. The Hall–Kier alpha value is -1.15. The zero-order valence-electron chi connectivity index (χ0n) is 11.5. The van der Waals surface area contributed by atoms with Gasteiger partial charge in [-0.05, 0) is 32.3 Å². The highest BCUT2D eigenvalue weighted by atomic mass is 16.1. The van der Waals surface area contributed by atoms with E-state index in [0.717, 1.165) is 18.4 Å².